The van der Waals surface area contributed by atoms with Gasteiger partial charge in [-0.05, 0) is 60.9 Å². The second-order valence-corrected chi connectivity index (χ2v) is 9.24. The molecule has 2 heterocycles. The van der Waals surface area contributed by atoms with Gasteiger partial charge in [-0.1, -0.05) is 43.7 Å². The highest BCUT2D eigenvalue weighted by Gasteiger charge is 2.68. The van der Waals surface area contributed by atoms with E-state index in [4.69, 9.17) is 20.2 Å². The van der Waals surface area contributed by atoms with Gasteiger partial charge in [0.25, 0.3) is 5.91 Å². The van der Waals surface area contributed by atoms with Crippen molar-refractivity contribution in [3.8, 4) is 16.9 Å². The highest BCUT2D eigenvalue weighted by Crippen LogP contribution is 2.58. The van der Waals surface area contributed by atoms with Crippen molar-refractivity contribution in [3.05, 3.63) is 53.6 Å². The van der Waals surface area contributed by atoms with Gasteiger partial charge in [-0.15, -0.1) is 0 Å². The number of nitrogens with zero attached hydrogens (tertiary/aromatic N) is 2. The van der Waals surface area contributed by atoms with E-state index in [2.05, 4.69) is 43.3 Å². The van der Waals surface area contributed by atoms with Gasteiger partial charge < -0.3 is 15.2 Å². The third-order valence-corrected chi connectivity index (χ3v) is 7.45. The number of aryl methyl sites for hydroxylation is 1. The molecule has 6 heteroatoms. The molecule has 1 amide bonds. The number of rotatable bonds is 4. The molecule has 168 valence electrons. The molecule has 1 aliphatic carbocycles. The summed E-state index contributed by atoms with van der Waals surface area (Å²) in [5.41, 5.74) is 8.65. The van der Waals surface area contributed by atoms with Crippen LogP contribution in [0.5, 0.6) is 5.75 Å². The van der Waals surface area contributed by atoms with Crippen LogP contribution in [0.2, 0.25) is 0 Å². The van der Waals surface area contributed by atoms with Crippen molar-refractivity contribution in [2.75, 3.05) is 14.2 Å². The lowest BCUT2D eigenvalue weighted by Crippen LogP contribution is -2.57. The molecule has 2 aromatic rings. The average Bonchev–Trinajstić information content (AvgIpc) is 3.21. The van der Waals surface area contributed by atoms with Crippen LogP contribution in [0.4, 0.5) is 0 Å². The fourth-order valence-corrected chi connectivity index (χ4v) is 5.68. The molecule has 1 atom stereocenters. The number of aliphatic imine (C=N–C) groups is 1. The Labute approximate surface area is 189 Å². The molecular weight excluding hydrogens is 402 g/mol. The summed E-state index contributed by atoms with van der Waals surface area (Å²) in [6.07, 6.45) is 5.35. The first-order valence-electron chi connectivity index (χ1n) is 11.5. The molecule has 2 spiro atoms. The maximum Gasteiger partial charge on any atom is 0.266 e. The van der Waals surface area contributed by atoms with Crippen LogP contribution in [0.3, 0.4) is 0 Å². The number of guanidine groups is 1. The quantitative estimate of drug-likeness (QED) is 0.790. The molecule has 0 aromatic heterocycles. The highest BCUT2D eigenvalue weighted by atomic mass is 16.5. The molecule has 2 aliphatic heterocycles. The largest absolute Gasteiger partial charge is 0.483 e. The van der Waals surface area contributed by atoms with Crippen molar-refractivity contribution < 1.29 is 14.3 Å². The molecular formula is C26H31N3O3. The first-order valence-corrected chi connectivity index (χ1v) is 11.5. The summed E-state index contributed by atoms with van der Waals surface area (Å²) < 4.78 is 12.2. The zero-order valence-corrected chi connectivity index (χ0v) is 19.1. The Balaban J connectivity index is 1.63. The Bertz CT molecular complexity index is 1090. The first-order chi connectivity index (χ1) is 15.4. The Morgan fingerprint density at radius 1 is 1.19 bits per heavy atom. The molecule has 2 aromatic carbocycles. The lowest BCUT2D eigenvalue weighted by atomic mass is 9.68. The van der Waals surface area contributed by atoms with Gasteiger partial charge in [0.2, 0.25) is 5.54 Å². The van der Waals surface area contributed by atoms with E-state index < -0.39 is 11.1 Å². The van der Waals surface area contributed by atoms with Crippen LogP contribution in [0.25, 0.3) is 11.1 Å². The van der Waals surface area contributed by atoms with E-state index in [-0.39, 0.29) is 18.0 Å². The molecule has 5 rings (SSSR count). The van der Waals surface area contributed by atoms with Gasteiger partial charge in [-0.25, -0.2) is 4.99 Å². The van der Waals surface area contributed by atoms with Gasteiger partial charge in [-0.2, -0.15) is 0 Å². The first kappa shape index (κ1) is 21.0. The summed E-state index contributed by atoms with van der Waals surface area (Å²) in [5, 5.41) is 0. The predicted molar refractivity (Wildman–Crippen MR) is 125 cm³/mol. The summed E-state index contributed by atoms with van der Waals surface area (Å²) in [6.45, 7) is 2.19. The summed E-state index contributed by atoms with van der Waals surface area (Å²) in [7, 11) is 3.44. The van der Waals surface area contributed by atoms with Crippen molar-refractivity contribution >= 4 is 11.9 Å². The standard InChI is InChI=1S/C26H31N3O3/c1-4-6-17-7-5-8-18(15-17)19-9-10-22-21(16-19)26(23(30)29(2)24(27)28-26)25(32-22)13-11-20(31-3)12-14-25/h5,7-10,15-16,20H,4,6,11-14H2,1-3H3,(H2,27,28). The van der Waals surface area contributed by atoms with E-state index in [0.29, 0.717) is 12.8 Å². The summed E-state index contributed by atoms with van der Waals surface area (Å²) in [4.78, 5) is 20.0. The minimum Gasteiger partial charge on any atom is -0.483 e. The maximum atomic E-state index is 13.7. The lowest BCUT2D eigenvalue weighted by Gasteiger charge is -2.43. The number of amides is 1. The predicted octanol–water partition coefficient (Wildman–Crippen LogP) is 4.01. The van der Waals surface area contributed by atoms with Gasteiger partial charge in [0.1, 0.15) is 11.4 Å². The van der Waals surface area contributed by atoms with Crippen molar-refractivity contribution in [2.24, 2.45) is 10.7 Å². The molecule has 0 saturated heterocycles. The summed E-state index contributed by atoms with van der Waals surface area (Å²) >= 11 is 0. The molecule has 32 heavy (non-hydrogen) atoms. The molecule has 1 saturated carbocycles. The third-order valence-electron chi connectivity index (χ3n) is 7.45. The van der Waals surface area contributed by atoms with Gasteiger partial charge in [0.15, 0.2) is 5.96 Å². The lowest BCUT2D eigenvalue weighted by molar-refractivity contribution is -0.140. The van der Waals surface area contributed by atoms with E-state index in [1.807, 2.05) is 6.07 Å². The van der Waals surface area contributed by atoms with Gasteiger partial charge in [-0.3, -0.25) is 9.69 Å². The van der Waals surface area contributed by atoms with Crippen molar-refractivity contribution in [1.29, 1.82) is 0 Å². The number of fused-ring (bicyclic) bond motifs is 3. The molecule has 2 N–H and O–H groups in total. The molecule has 6 nitrogen and oxygen atoms in total. The zero-order valence-electron chi connectivity index (χ0n) is 19.1. The number of benzene rings is 2. The monoisotopic (exact) mass is 433 g/mol. The number of ether oxygens (including phenoxy) is 2. The molecule has 0 radical (unpaired) electrons. The van der Waals surface area contributed by atoms with E-state index in [1.54, 1.807) is 14.2 Å². The number of hydrogen-bond donors (Lipinski definition) is 1. The van der Waals surface area contributed by atoms with E-state index in [1.165, 1.54) is 10.5 Å². The third kappa shape index (κ3) is 2.89. The van der Waals surface area contributed by atoms with Crippen molar-refractivity contribution in [2.45, 2.75) is 62.7 Å². The van der Waals surface area contributed by atoms with Crippen LogP contribution in [0, 0.1) is 0 Å². The van der Waals surface area contributed by atoms with Gasteiger partial charge >= 0.3 is 0 Å². The summed E-state index contributed by atoms with van der Waals surface area (Å²) in [6, 6.07) is 14.8. The Kier molecular flexibility index (Phi) is 5.01. The SMILES string of the molecule is CCCc1cccc(-c2ccc3c(c2)C2(N=C(N)N(C)C2=O)C2(CCC(OC)CC2)O3)c1. The second kappa shape index (κ2) is 7.62. The number of carbonyl (C=O) groups excluding carboxylic acids is 1. The maximum absolute atomic E-state index is 13.7. The van der Waals surface area contributed by atoms with Crippen molar-refractivity contribution in [3.63, 3.8) is 0 Å². The Hall–Kier alpha value is -2.86. The van der Waals surface area contributed by atoms with Crippen LogP contribution in [-0.4, -0.2) is 42.6 Å². The average molecular weight is 434 g/mol. The topological polar surface area (TPSA) is 77.2 Å². The van der Waals surface area contributed by atoms with E-state index >= 15 is 0 Å². The van der Waals surface area contributed by atoms with Crippen LogP contribution in [0.15, 0.2) is 47.5 Å². The van der Waals surface area contributed by atoms with Gasteiger partial charge in [0, 0.05) is 19.7 Å². The fraction of sp³-hybridized carbons (Fsp3) is 0.462. The van der Waals surface area contributed by atoms with Crippen LogP contribution in [-0.2, 0) is 21.5 Å². The highest BCUT2D eigenvalue weighted by molar-refractivity contribution is 6.08. The second-order valence-electron chi connectivity index (χ2n) is 9.24. The van der Waals surface area contributed by atoms with Crippen LogP contribution < -0.4 is 10.5 Å². The molecule has 3 aliphatic rings. The fourth-order valence-electron chi connectivity index (χ4n) is 5.68. The number of likely N-dealkylation sites (N-methyl/N-ethyl adjacent to an activating group) is 1. The number of methoxy groups -OCH3 is 1. The zero-order chi connectivity index (χ0) is 22.5. The van der Waals surface area contributed by atoms with Crippen molar-refractivity contribution in [1.82, 2.24) is 4.90 Å². The Morgan fingerprint density at radius 2 is 1.94 bits per heavy atom. The smallest absolute Gasteiger partial charge is 0.266 e. The normalized spacial score (nSPS) is 28.8. The molecule has 1 fully saturated rings. The number of nitrogens with two attached hydrogens (primary N) is 1. The molecule has 0 bridgehead atoms. The van der Waals surface area contributed by atoms with Crippen LogP contribution in [0.1, 0.15) is 50.2 Å². The number of hydrogen-bond acceptors (Lipinski definition) is 5. The minimum atomic E-state index is -1.14. The van der Waals surface area contributed by atoms with E-state index in [9.17, 15) is 4.79 Å². The van der Waals surface area contributed by atoms with E-state index in [0.717, 1.165) is 48.1 Å². The summed E-state index contributed by atoms with van der Waals surface area (Å²) in [5.74, 6) is 0.867. The van der Waals surface area contributed by atoms with Gasteiger partial charge in [0.05, 0.1) is 6.10 Å². The van der Waals surface area contributed by atoms with Crippen LogP contribution >= 0.6 is 0 Å². The molecule has 1 unspecified atom stereocenters. The minimum absolute atomic E-state index is 0.110. The number of carbonyl (C=O) groups is 1. The Morgan fingerprint density at radius 3 is 2.59 bits per heavy atom.